The summed E-state index contributed by atoms with van der Waals surface area (Å²) in [6.07, 6.45) is 0. The number of carbonyl (C=O) groups is 2. The van der Waals surface area contributed by atoms with Gasteiger partial charge in [-0.3, -0.25) is 9.59 Å². The zero-order chi connectivity index (χ0) is 16.0. The van der Waals surface area contributed by atoms with Crippen molar-refractivity contribution in [3.05, 3.63) is 47.5 Å². The molecule has 0 saturated carbocycles. The maximum absolute atomic E-state index is 11.7. The van der Waals surface area contributed by atoms with E-state index in [-0.39, 0.29) is 17.1 Å². The van der Waals surface area contributed by atoms with Crippen LogP contribution in [-0.2, 0) is 0 Å². The van der Waals surface area contributed by atoms with E-state index in [1.807, 2.05) is 47.9 Å². The number of carbonyl (C=O) groups excluding carboxylic acids is 2. The molecule has 3 aromatic rings. The Labute approximate surface area is 133 Å². The van der Waals surface area contributed by atoms with Gasteiger partial charge < -0.3 is 4.57 Å². The maximum Gasteiger partial charge on any atom is 0.159 e. The highest BCUT2D eigenvalue weighted by molar-refractivity contribution is 6.21. The zero-order valence-electron chi connectivity index (χ0n) is 12.7. The van der Waals surface area contributed by atoms with Gasteiger partial charge in [0.05, 0.1) is 11.0 Å². The van der Waals surface area contributed by atoms with Crippen LogP contribution in [0.5, 0.6) is 0 Å². The summed E-state index contributed by atoms with van der Waals surface area (Å²) in [5, 5.41) is 1.89. The van der Waals surface area contributed by atoms with Crippen molar-refractivity contribution < 1.29 is 9.59 Å². The summed E-state index contributed by atoms with van der Waals surface area (Å²) in [7, 11) is 0. The molecule has 0 spiro atoms. The van der Waals surface area contributed by atoms with E-state index < -0.39 is 0 Å². The first kappa shape index (κ1) is 14.8. The van der Waals surface area contributed by atoms with Crippen molar-refractivity contribution in [1.29, 1.82) is 0 Å². The molecular formula is C18H16ClNO2. The zero-order valence-corrected chi connectivity index (χ0v) is 13.4. The van der Waals surface area contributed by atoms with Crippen LogP contribution in [-0.4, -0.2) is 16.1 Å². The van der Waals surface area contributed by atoms with E-state index in [1.54, 1.807) is 13.8 Å². The van der Waals surface area contributed by atoms with Crippen LogP contribution in [0.15, 0.2) is 36.4 Å². The quantitative estimate of drug-likeness (QED) is 0.506. The Bertz CT molecular complexity index is 850. The average molecular weight is 314 g/mol. The summed E-state index contributed by atoms with van der Waals surface area (Å²) in [6, 6.07) is 11.2. The minimum Gasteiger partial charge on any atom is -0.324 e. The van der Waals surface area contributed by atoms with Crippen LogP contribution in [0.2, 0.25) is 0 Å². The fraction of sp³-hybridized carbons (Fsp3) is 0.222. The van der Waals surface area contributed by atoms with Crippen LogP contribution < -0.4 is 0 Å². The molecule has 0 amide bonds. The third kappa shape index (κ3) is 2.22. The number of benzene rings is 2. The molecule has 0 bridgehead atoms. The number of Topliss-reactive ketones (excluding diaryl/α,β-unsaturated/α-hetero) is 2. The number of nitrogens with zero attached hydrogens (tertiary/aromatic N) is 1. The molecule has 0 N–H and O–H groups in total. The number of hydrogen-bond acceptors (Lipinski definition) is 2. The number of hydrogen-bond donors (Lipinski definition) is 0. The van der Waals surface area contributed by atoms with E-state index in [9.17, 15) is 9.59 Å². The highest BCUT2D eigenvalue weighted by atomic mass is 35.5. The van der Waals surface area contributed by atoms with Gasteiger partial charge in [0.1, 0.15) is 5.50 Å². The van der Waals surface area contributed by atoms with Crippen LogP contribution in [0, 0.1) is 0 Å². The van der Waals surface area contributed by atoms with E-state index in [0.717, 1.165) is 21.8 Å². The Hall–Kier alpha value is -2.13. The van der Waals surface area contributed by atoms with E-state index in [2.05, 4.69) is 0 Å². The highest BCUT2D eigenvalue weighted by Crippen LogP contribution is 2.34. The molecule has 4 heteroatoms. The molecule has 1 atom stereocenters. The lowest BCUT2D eigenvalue weighted by atomic mass is 10.0. The summed E-state index contributed by atoms with van der Waals surface area (Å²) in [5.74, 6) is 0.0360. The van der Waals surface area contributed by atoms with Gasteiger partial charge in [-0.1, -0.05) is 11.6 Å². The topological polar surface area (TPSA) is 39.1 Å². The summed E-state index contributed by atoms with van der Waals surface area (Å²) in [6.45, 7) is 5.00. The van der Waals surface area contributed by atoms with E-state index in [0.29, 0.717) is 11.1 Å². The summed E-state index contributed by atoms with van der Waals surface area (Å²) >= 11 is 6.34. The van der Waals surface area contributed by atoms with E-state index in [4.69, 9.17) is 11.6 Å². The molecule has 0 aliphatic heterocycles. The molecule has 1 aromatic heterocycles. The van der Waals surface area contributed by atoms with Gasteiger partial charge in [0.15, 0.2) is 11.6 Å². The fourth-order valence-corrected chi connectivity index (χ4v) is 3.09. The smallest absolute Gasteiger partial charge is 0.159 e. The first-order chi connectivity index (χ1) is 10.4. The third-order valence-corrected chi connectivity index (χ3v) is 4.17. The Balaban J connectivity index is 2.47. The van der Waals surface area contributed by atoms with Crippen molar-refractivity contribution in [3.63, 3.8) is 0 Å². The number of alkyl halides is 1. The molecule has 22 heavy (non-hydrogen) atoms. The predicted molar refractivity (Wildman–Crippen MR) is 90.0 cm³/mol. The lowest BCUT2D eigenvalue weighted by Gasteiger charge is -2.09. The maximum atomic E-state index is 11.7. The van der Waals surface area contributed by atoms with Gasteiger partial charge >= 0.3 is 0 Å². The van der Waals surface area contributed by atoms with Crippen molar-refractivity contribution >= 4 is 45.0 Å². The van der Waals surface area contributed by atoms with Crippen LogP contribution in [0.25, 0.3) is 21.8 Å². The molecule has 0 aliphatic carbocycles. The second kappa shape index (κ2) is 5.25. The standard InChI is InChI=1S/C18H16ClNO2/c1-10(21)13-4-6-17-15(8-13)16-9-14(11(2)22)5-7-18(16)20(17)12(3)19/h4-9,12H,1-3H3. The molecule has 0 fully saturated rings. The van der Waals surface area contributed by atoms with Crippen LogP contribution >= 0.6 is 11.6 Å². The van der Waals surface area contributed by atoms with Crippen LogP contribution in [0.4, 0.5) is 0 Å². The number of rotatable bonds is 3. The lowest BCUT2D eigenvalue weighted by Crippen LogP contribution is -1.98. The van der Waals surface area contributed by atoms with Crippen molar-refractivity contribution in [2.45, 2.75) is 26.3 Å². The van der Waals surface area contributed by atoms with Crippen molar-refractivity contribution in [2.24, 2.45) is 0 Å². The first-order valence-electron chi connectivity index (χ1n) is 7.14. The Morgan fingerprint density at radius 3 is 1.64 bits per heavy atom. The summed E-state index contributed by atoms with van der Waals surface area (Å²) in [5.41, 5.74) is 3.00. The lowest BCUT2D eigenvalue weighted by molar-refractivity contribution is 0.100. The molecule has 0 radical (unpaired) electrons. The minimum absolute atomic E-state index is 0.0180. The van der Waals surface area contributed by atoms with Gasteiger partial charge in [0.2, 0.25) is 0 Å². The molecular weight excluding hydrogens is 298 g/mol. The molecule has 3 rings (SSSR count). The van der Waals surface area contributed by atoms with Crippen molar-refractivity contribution in [1.82, 2.24) is 4.57 Å². The molecule has 3 nitrogen and oxygen atoms in total. The van der Waals surface area contributed by atoms with Crippen LogP contribution in [0.3, 0.4) is 0 Å². The Morgan fingerprint density at radius 2 is 1.32 bits per heavy atom. The van der Waals surface area contributed by atoms with Gasteiger partial charge in [-0.2, -0.15) is 0 Å². The van der Waals surface area contributed by atoms with E-state index in [1.165, 1.54) is 0 Å². The van der Waals surface area contributed by atoms with Crippen LogP contribution in [0.1, 0.15) is 47.0 Å². The summed E-state index contributed by atoms with van der Waals surface area (Å²) < 4.78 is 2.01. The molecule has 0 aliphatic rings. The van der Waals surface area contributed by atoms with Gasteiger partial charge in [-0.05, 0) is 57.2 Å². The van der Waals surface area contributed by atoms with Crippen molar-refractivity contribution in [2.75, 3.05) is 0 Å². The van der Waals surface area contributed by atoms with Gasteiger partial charge in [-0.25, -0.2) is 0 Å². The van der Waals surface area contributed by atoms with Crippen molar-refractivity contribution in [3.8, 4) is 0 Å². The number of fused-ring (bicyclic) bond motifs is 3. The normalized spacial score (nSPS) is 12.7. The van der Waals surface area contributed by atoms with Gasteiger partial charge in [-0.15, -0.1) is 0 Å². The largest absolute Gasteiger partial charge is 0.324 e. The predicted octanol–water partition coefficient (Wildman–Crippen LogP) is 4.96. The molecule has 2 aromatic carbocycles. The first-order valence-corrected chi connectivity index (χ1v) is 7.57. The number of aromatic nitrogens is 1. The Morgan fingerprint density at radius 1 is 0.909 bits per heavy atom. The SMILES string of the molecule is CC(=O)c1ccc2c(c1)c1cc(C(C)=O)ccc1n2C(C)Cl. The van der Waals surface area contributed by atoms with E-state index >= 15 is 0 Å². The molecule has 112 valence electrons. The molecule has 1 unspecified atom stereocenters. The number of ketones is 2. The van der Waals surface area contributed by atoms with Gasteiger partial charge in [0.25, 0.3) is 0 Å². The monoisotopic (exact) mass is 313 g/mol. The summed E-state index contributed by atoms with van der Waals surface area (Å²) in [4.78, 5) is 23.3. The Kier molecular flexibility index (Phi) is 3.53. The highest BCUT2D eigenvalue weighted by Gasteiger charge is 2.16. The minimum atomic E-state index is -0.230. The van der Waals surface area contributed by atoms with Gasteiger partial charge in [0, 0.05) is 21.9 Å². The molecule has 0 saturated heterocycles. The third-order valence-electron chi connectivity index (χ3n) is 3.97. The second-order valence-electron chi connectivity index (χ2n) is 5.52. The average Bonchev–Trinajstić information content (AvgIpc) is 2.79. The fourth-order valence-electron chi connectivity index (χ4n) is 2.87. The molecule has 1 heterocycles. The number of halogens is 1. The second-order valence-corrected chi connectivity index (χ2v) is 6.15.